The second kappa shape index (κ2) is 9.85. The molecule has 6 rings (SSSR count). The van der Waals surface area contributed by atoms with Crippen molar-refractivity contribution in [1.29, 1.82) is 0 Å². The third kappa shape index (κ3) is 4.42. The van der Waals surface area contributed by atoms with Gasteiger partial charge in [0.25, 0.3) is 0 Å². The molecule has 2 aliphatic heterocycles. The highest BCUT2D eigenvalue weighted by Crippen LogP contribution is 2.46. The van der Waals surface area contributed by atoms with E-state index in [4.69, 9.17) is 9.47 Å². The number of anilines is 1. The monoisotopic (exact) mass is 553 g/mol. The molecule has 4 heterocycles. The summed E-state index contributed by atoms with van der Waals surface area (Å²) in [5, 5.41) is 4.48. The minimum absolute atomic E-state index is 0.0553. The van der Waals surface area contributed by atoms with Gasteiger partial charge in [-0.05, 0) is 66.5 Å². The number of halogens is 1. The quantitative estimate of drug-likeness (QED) is 0.444. The van der Waals surface area contributed by atoms with Gasteiger partial charge in [-0.25, -0.2) is 22.5 Å². The number of methoxy groups -OCH3 is 1. The van der Waals surface area contributed by atoms with E-state index in [1.165, 1.54) is 29.7 Å². The fourth-order valence-corrected chi connectivity index (χ4v) is 7.07. The first-order valence-corrected chi connectivity index (χ1v) is 14.2. The molecule has 3 aliphatic rings. The number of piperidine rings is 1. The van der Waals surface area contributed by atoms with E-state index in [0.717, 1.165) is 16.8 Å². The van der Waals surface area contributed by atoms with Gasteiger partial charge in [-0.2, -0.15) is 9.40 Å². The number of hydrogen-bond donors (Lipinski definition) is 0. The molecule has 39 heavy (non-hydrogen) atoms. The Morgan fingerprint density at radius 1 is 1.08 bits per heavy atom. The van der Waals surface area contributed by atoms with E-state index < -0.39 is 21.4 Å². The molecular weight excluding hydrogens is 525 g/mol. The van der Waals surface area contributed by atoms with Crippen LogP contribution in [0.25, 0.3) is 11.8 Å². The Labute approximate surface area is 225 Å². The number of sulfonamides is 1. The van der Waals surface area contributed by atoms with Gasteiger partial charge in [-0.1, -0.05) is 0 Å². The Bertz CT molecular complexity index is 1530. The predicted molar refractivity (Wildman–Crippen MR) is 140 cm³/mol. The Balaban J connectivity index is 1.30. The van der Waals surface area contributed by atoms with E-state index in [-0.39, 0.29) is 30.2 Å². The summed E-state index contributed by atoms with van der Waals surface area (Å²) in [6.45, 7) is 2.75. The normalized spacial score (nSPS) is 21.6. The topological polar surface area (TPSA) is 107 Å². The molecule has 2 fully saturated rings. The average molecular weight is 554 g/mol. The summed E-state index contributed by atoms with van der Waals surface area (Å²) in [5.41, 5.74) is 1.87. The molecule has 12 heteroatoms. The van der Waals surface area contributed by atoms with Crippen molar-refractivity contribution in [2.24, 2.45) is 5.41 Å². The molecule has 0 amide bonds. The third-order valence-electron chi connectivity index (χ3n) is 7.72. The van der Waals surface area contributed by atoms with Crippen LogP contribution < -0.4 is 4.90 Å². The summed E-state index contributed by atoms with van der Waals surface area (Å²) in [6.07, 6.45) is 5.53. The zero-order valence-corrected chi connectivity index (χ0v) is 22.2. The maximum Gasteiger partial charge on any atom is 0.317 e. The van der Waals surface area contributed by atoms with Crippen molar-refractivity contribution >= 4 is 27.9 Å². The number of nitrogens with zero attached hydrogens (tertiary/aromatic N) is 5. The van der Waals surface area contributed by atoms with Crippen molar-refractivity contribution in [3.05, 3.63) is 71.4 Å². The summed E-state index contributed by atoms with van der Waals surface area (Å²) < 4.78 is 54.5. The van der Waals surface area contributed by atoms with Crippen LogP contribution in [0.1, 0.15) is 17.7 Å². The first-order chi connectivity index (χ1) is 18.8. The fraction of sp³-hybridized carbons (Fsp3) is 0.370. The van der Waals surface area contributed by atoms with Crippen molar-refractivity contribution < 1.29 is 27.1 Å². The van der Waals surface area contributed by atoms with Crippen LogP contribution in [-0.4, -0.2) is 80.0 Å². The number of rotatable bonds is 5. The maximum atomic E-state index is 13.7. The van der Waals surface area contributed by atoms with E-state index in [1.807, 2.05) is 6.08 Å². The van der Waals surface area contributed by atoms with Gasteiger partial charge in [-0.15, -0.1) is 0 Å². The summed E-state index contributed by atoms with van der Waals surface area (Å²) in [7, 11) is -2.61. The van der Waals surface area contributed by atoms with Gasteiger partial charge >= 0.3 is 5.97 Å². The summed E-state index contributed by atoms with van der Waals surface area (Å²) in [6, 6.07) is 9.27. The predicted octanol–water partition coefficient (Wildman–Crippen LogP) is 2.44. The van der Waals surface area contributed by atoms with Gasteiger partial charge in [0, 0.05) is 32.4 Å². The first-order valence-electron chi connectivity index (χ1n) is 12.7. The molecule has 1 aliphatic carbocycles. The molecule has 1 atom stereocenters. The standard InChI is InChI=1S/C27H28FN5O5S/c1-37-26(34)27-15-19-16-30-33(22-4-2-21(28)3-5-22)24(19)14-20(27)8-9-32(18-27)39(35,36)23-6-7-25(29-17-23)31-10-12-38-13-11-31/h2-7,14,16-17H,8-13,15,18H2,1H3. The SMILES string of the molecule is COC(=O)C12Cc3cnn(-c4ccc(F)cc4)c3C=C1CCN(S(=O)(=O)c1ccc(N3CCOCC3)nc1)C2. The second-order valence-electron chi connectivity index (χ2n) is 9.90. The van der Waals surface area contributed by atoms with Gasteiger partial charge in [0.15, 0.2) is 0 Å². The molecule has 3 aromatic rings. The molecule has 0 bridgehead atoms. The van der Waals surface area contributed by atoms with Crippen molar-refractivity contribution in [3.8, 4) is 5.69 Å². The van der Waals surface area contributed by atoms with Crippen molar-refractivity contribution in [1.82, 2.24) is 19.1 Å². The number of carbonyl (C=O) groups is 1. The fourth-order valence-electron chi connectivity index (χ4n) is 5.63. The Morgan fingerprint density at radius 2 is 1.85 bits per heavy atom. The number of morpholine rings is 1. The Kier molecular flexibility index (Phi) is 6.48. The van der Waals surface area contributed by atoms with Crippen molar-refractivity contribution in [3.63, 3.8) is 0 Å². The van der Waals surface area contributed by atoms with E-state index in [1.54, 1.807) is 35.1 Å². The Morgan fingerprint density at radius 3 is 2.54 bits per heavy atom. The minimum atomic E-state index is -3.92. The van der Waals surface area contributed by atoms with Crippen LogP contribution in [0, 0.1) is 11.2 Å². The summed E-state index contributed by atoms with van der Waals surface area (Å²) >= 11 is 0. The summed E-state index contributed by atoms with van der Waals surface area (Å²) in [4.78, 5) is 19.8. The van der Waals surface area contributed by atoms with Crippen molar-refractivity contribution in [2.75, 3.05) is 51.4 Å². The summed E-state index contributed by atoms with van der Waals surface area (Å²) in [5.74, 6) is -0.137. The lowest BCUT2D eigenvalue weighted by Gasteiger charge is -2.43. The highest BCUT2D eigenvalue weighted by Gasteiger charge is 2.51. The third-order valence-corrected chi connectivity index (χ3v) is 9.55. The van der Waals surface area contributed by atoms with Crippen LogP contribution in [0.2, 0.25) is 0 Å². The molecule has 0 saturated carbocycles. The van der Waals surface area contributed by atoms with Gasteiger partial charge < -0.3 is 14.4 Å². The Hall–Kier alpha value is -3.61. The van der Waals surface area contributed by atoms with Crippen LogP contribution in [0.4, 0.5) is 10.2 Å². The van der Waals surface area contributed by atoms with E-state index in [0.29, 0.717) is 44.2 Å². The number of ether oxygens (including phenoxy) is 2. The zero-order valence-electron chi connectivity index (χ0n) is 21.4. The van der Waals surface area contributed by atoms with E-state index >= 15 is 0 Å². The number of aromatic nitrogens is 3. The van der Waals surface area contributed by atoms with Crippen LogP contribution >= 0.6 is 0 Å². The van der Waals surface area contributed by atoms with Crippen LogP contribution in [0.3, 0.4) is 0 Å². The largest absolute Gasteiger partial charge is 0.468 e. The molecular formula is C27H28FN5O5S. The number of pyridine rings is 1. The number of esters is 1. The lowest BCUT2D eigenvalue weighted by molar-refractivity contribution is -0.151. The highest BCUT2D eigenvalue weighted by atomic mass is 32.2. The van der Waals surface area contributed by atoms with E-state index in [9.17, 15) is 17.6 Å². The maximum absolute atomic E-state index is 13.7. The molecule has 2 aromatic heterocycles. The first kappa shape index (κ1) is 25.7. The molecule has 10 nitrogen and oxygen atoms in total. The van der Waals surface area contributed by atoms with Gasteiger partial charge in [0.1, 0.15) is 21.9 Å². The average Bonchev–Trinajstić information content (AvgIpc) is 3.38. The number of carbonyl (C=O) groups excluding carboxylic acids is 1. The van der Waals surface area contributed by atoms with Gasteiger partial charge in [0.05, 0.1) is 37.9 Å². The number of hydrogen-bond acceptors (Lipinski definition) is 8. The van der Waals surface area contributed by atoms with Crippen LogP contribution in [-0.2, 0) is 30.7 Å². The molecule has 2 saturated heterocycles. The number of benzene rings is 1. The molecule has 1 aromatic carbocycles. The van der Waals surface area contributed by atoms with Crippen molar-refractivity contribution in [2.45, 2.75) is 17.7 Å². The van der Waals surface area contributed by atoms with Gasteiger partial charge in [0.2, 0.25) is 10.0 Å². The molecule has 204 valence electrons. The smallest absolute Gasteiger partial charge is 0.317 e. The lowest BCUT2D eigenvalue weighted by Crippen LogP contribution is -2.53. The zero-order chi connectivity index (χ0) is 27.2. The molecule has 1 unspecified atom stereocenters. The van der Waals surface area contributed by atoms with Crippen LogP contribution in [0.5, 0.6) is 0 Å². The van der Waals surface area contributed by atoms with E-state index in [2.05, 4.69) is 15.0 Å². The molecule has 0 spiro atoms. The minimum Gasteiger partial charge on any atom is -0.468 e. The van der Waals surface area contributed by atoms with Crippen LogP contribution in [0.15, 0.2) is 59.3 Å². The number of fused-ring (bicyclic) bond motifs is 2. The second-order valence-corrected chi connectivity index (χ2v) is 11.8. The molecule has 0 radical (unpaired) electrons. The lowest BCUT2D eigenvalue weighted by atomic mass is 9.69. The highest BCUT2D eigenvalue weighted by molar-refractivity contribution is 7.89. The van der Waals surface area contributed by atoms with Gasteiger partial charge in [-0.3, -0.25) is 4.79 Å². The molecule has 0 N–H and O–H groups in total.